The Hall–Kier alpha value is -0.120. The van der Waals surface area contributed by atoms with Gasteiger partial charge in [-0.15, -0.1) is 0 Å². The van der Waals surface area contributed by atoms with Crippen LogP contribution in [0, 0.1) is 0 Å². The lowest BCUT2D eigenvalue weighted by Gasteiger charge is -2.35. The zero-order chi connectivity index (χ0) is 6.81. The summed E-state index contributed by atoms with van der Waals surface area (Å²) in [6.07, 6.45) is 1.79. The highest BCUT2D eigenvalue weighted by molar-refractivity contribution is 4.81. The second kappa shape index (κ2) is 2.86. The number of fused-ring (bicyclic) bond motifs is 1. The van der Waals surface area contributed by atoms with Crippen LogP contribution in [0.4, 0.5) is 0 Å². The fourth-order valence-electron chi connectivity index (χ4n) is 1.56. The van der Waals surface area contributed by atoms with Gasteiger partial charge in [-0.3, -0.25) is 0 Å². The number of hydrogen-bond acceptors (Lipinski definition) is 3. The number of ether oxygens (including phenoxy) is 2. The van der Waals surface area contributed by atoms with Crippen molar-refractivity contribution in [3.05, 3.63) is 0 Å². The molecular weight excluding hydrogens is 130 g/mol. The van der Waals surface area contributed by atoms with Crippen molar-refractivity contribution in [1.82, 2.24) is 5.32 Å². The van der Waals surface area contributed by atoms with E-state index in [4.69, 9.17) is 9.47 Å². The number of piperidine rings is 1. The molecule has 2 fully saturated rings. The molecular formula is C7H13NO2. The summed E-state index contributed by atoms with van der Waals surface area (Å²) in [4.78, 5) is 0. The van der Waals surface area contributed by atoms with Gasteiger partial charge >= 0.3 is 0 Å². The number of hydrogen-bond donors (Lipinski definition) is 1. The van der Waals surface area contributed by atoms with E-state index < -0.39 is 0 Å². The molecule has 2 heterocycles. The van der Waals surface area contributed by atoms with Crippen LogP contribution in [0.1, 0.15) is 6.42 Å². The molecule has 0 aromatic heterocycles. The van der Waals surface area contributed by atoms with E-state index in [1.54, 1.807) is 0 Å². The van der Waals surface area contributed by atoms with Gasteiger partial charge in [-0.05, 0) is 13.0 Å². The molecule has 2 rings (SSSR count). The first-order valence-electron chi connectivity index (χ1n) is 3.91. The van der Waals surface area contributed by atoms with Gasteiger partial charge < -0.3 is 14.8 Å². The summed E-state index contributed by atoms with van der Waals surface area (Å²) in [7, 11) is 0. The molecule has 2 saturated heterocycles. The minimum atomic E-state index is 0.322. The fraction of sp³-hybridized carbons (Fsp3) is 1.00. The summed E-state index contributed by atoms with van der Waals surface area (Å²) in [5, 5.41) is 3.28. The molecule has 0 aromatic carbocycles. The largest absolute Gasteiger partial charge is 0.373 e. The fourth-order valence-corrected chi connectivity index (χ4v) is 1.56. The lowest BCUT2D eigenvalue weighted by atomic mass is 10.1. The first-order chi connectivity index (χ1) is 4.97. The van der Waals surface area contributed by atoms with Crippen LogP contribution < -0.4 is 5.32 Å². The summed E-state index contributed by atoms with van der Waals surface area (Å²) in [5.41, 5.74) is 0. The number of nitrogens with one attached hydrogen (secondary N) is 1. The molecule has 0 unspecified atom stereocenters. The van der Waals surface area contributed by atoms with E-state index in [1.165, 1.54) is 0 Å². The first-order valence-corrected chi connectivity index (χ1v) is 3.91. The van der Waals surface area contributed by atoms with Gasteiger partial charge in [0.25, 0.3) is 0 Å². The van der Waals surface area contributed by atoms with E-state index in [9.17, 15) is 0 Å². The van der Waals surface area contributed by atoms with Crippen molar-refractivity contribution in [1.29, 1.82) is 0 Å². The Morgan fingerprint density at radius 2 is 1.90 bits per heavy atom. The molecule has 0 aromatic rings. The van der Waals surface area contributed by atoms with Crippen molar-refractivity contribution in [2.45, 2.75) is 18.6 Å². The lowest BCUT2D eigenvalue weighted by molar-refractivity contribution is -0.148. The average molecular weight is 143 g/mol. The minimum Gasteiger partial charge on any atom is -0.373 e. The van der Waals surface area contributed by atoms with Crippen molar-refractivity contribution in [3.8, 4) is 0 Å². The van der Waals surface area contributed by atoms with Gasteiger partial charge in [-0.25, -0.2) is 0 Å². The Bertz CT molecular complexity index is 92.2. The van der Waals surface area contributed by atoms with Crippen LogP contribution in [0.25, 0.3) is 0 Å². The van der Waals surface area contributed by atoms with Gasteiger partial charge in [0.1, 0.15) is 0 Å². The summed E-state index contributed by atoms with van der Waals surface area (Å²) in [5.74, 6) is 0. The third-order valence-electron chi connectivity index (χ3n) is 2.11. The smallest absolute Gasteiger partial charge is 0.0962 e. The highest BCUT2D eigenvalue weighted by Gasteiger charge is 2.28. The van der Waals surface area contributed by atoms with Crippen molar-refractivity contribution in [2.75, 3.05) is 26.3 Å². The highest BCUT2D eigenvalue weighted by atomic mass is 16.6. The van der Waals surface area contributed by atoms with E-state index in [0.717, 1.165) is 32.7 Å². The predicted octanol–water partition coefficient (Wildman–Crippen LogP) is -0.236. The maximum atomic E-state index is 5.52. The molecule has 2 aliphatic rings. The van der Waals surface area contributed by atoms with Gasteiger partial charge in [0.05, 0.1) is 25.4 Å². The normalized spacial score (nSPS) is 40.8. The van der Waals surface area contributed by atoms with Gasteiger partial charge in [0.15, 0.2) is 0 Å². The third kappa shape index (κ3) is 1.17. The summed E-state index contributed by atoms with van der Waals surface area (Å²) >= 11 is 0. The van der Waals surface area contributed by atoms with E-state index >= 15 is 0 Å². The van der Waals surface area contributed by atoms with E-state index in [2.05, 4.69) is 5.32 Å². The van der Waals surface area contributed by atoms with Gasteiger partial charge in [-0.1, -0.05) is 0 Å². The van der Waals surface area contributed by atoms with Crippen LogP contribution in [0.5, 0.6) is 0 Å². The quantitative estimate of drug-likeness (QED) is 0.508. The summed E-state index contributed by atoms with van der Waals surface area (Å²) < 4.78 is 11.0. The Kier molecular flexibility index (Phi) is 1.88. The Morgan fingerprint density at radius 3 is 2.70 bits per heavy atom. The highest BCUT2D eigenvalue weighted by Crippen LogP contribution is 2.15. The maximum absolute atomic E-state index is 5.52. The maximum Gasteiger partial charge on any atom is 0.0962 e. The van der Waals surface area contributed by atoms with Crippen LogP contribution in [0.3, 0.4) is 0 Å². The molecule has 3 heteroatoms. The SMILES string of the molecule is C1C[C@H]2OCCO[C@@H]2CN1. The molecule has 0 radical (unpaired) electrons. The zero-order valence-electron chi connectivity index (χ0n) is 6.01. The number of rotatable bonds is 0. The molecule has 2 aliphatic heterocycles. The Labute approximate surface area is 60.7 Å². The van der Waals surface area contributed by atoms with Crippen molar-refractivity contribution >= 4 is 0 Å². The van der Waals surface area contributed by atoms with E-state index in [0.29, 0.717) is 12.2 Å². The van der Waals surface area contributed by atoms with Crippen LogP contribution in [0.2, 0.25) is 0 Å². The van der Waals surface area contributed by atoms with Crippen LogP contribution in [-0.4, -0.2) is 38.5 Å². The van der Waals surface area contributed by atoms with Crippen LogP contribution in [0.15, 0.2) is 0 Å². The topological polar surface area (TPSA) is 30.5 Å². The van der Waals surface area contributed by atoms with Crippen molar-refractivity contribution in [2.24, 2.45) is 0 Å². The summed E-state index contributed by atoms with van der Waals surface area (Å²) in [6, 6.07) is 0. The first kappa shape index (κ1) is 6.58. The molecule has 10 heavy (non-hydrogen) atoms. The van der Waals surface area contributed by atoms with Gasteiger partial charge in [-0.2, -0.15) is 0 Å². The minimum absolute atomic E-state index is 0.322. The van der Waals surface area contributed by atoms with E-state index in [-0.39, 0.29) is 0 Å². The molecule has 3 nitrogen and oxygen atoms in total. The average Bonchev–Trinajstić information content (AvgIpc) is 2.05. The zero-order valence-corrected chi connectivity index (χ0v) is 6.01. The lowest BCUT2D eigenvalue weighted by Crippen LogP contribution is -2.50. The molecule has 0 saturated carbocycles. The second-order valence-electron chi connectivity index (χ2n) is 2.81. The monoisotopic (exact) mass is 143 g/mol. The Morgan fingerprint density at radius 1 is 1.10 bits per heavy atom. The second-order valence-corrected chi connectivity index (χ2v) is 2.81. The molecule has 2 atom stereocenters. The molecule has 0 aliphatic carbocycles. The van der Waals surface area contributed by atoms with Crippen molar-refractivity contribution < 1.29 is 9.47 Å². The van der Waals surface area contributed by atoms with Crippen LogP contribution >= 0.6 is 0 Å². The molecule has 0 bridgehead atoms. The van der Waals surface area contributed by atoms with Crippen molar-refractivity contribution in [3.63, 3.8) is 0 Å². The predicted molar refractivity (Wildman–Crippen MR) is 37.0 cm³/mol. The Balaban J connectivity index is 1.93. The standard InChI is InChI=1S/C7H13NO2/c1-2-8-5-7-6(1)9-3-4-10-7/h6-8H,1-5H2/t6-,7-/m1/s1. The third-order valence-corrected chi connectivity index (χ3v) is 2.11. The molecule has 58 valence electrons. The summed E-state index contributed by atoms with van der Waals surface area (Å²) in [6.45, 7) is 3.58. The van der Waals surface area contributed by atoms with Gasteiger partial charge in [0.2, 0.25) is 0 Å². The molecule has 0 spiro atoms. The molecule has 0 amide bonds. The van der Waals surface area contributed by atoms with Gasteiger partial charge in [0, 0.05) is 6.54 Å². The molecule has 1 N–H and O–H groups in total. The van der Waals surface area contributed by atoms with E-state index in [1.807, 2.05) is 0 Å². The van der Waals surface area contributed by atoms with Crippen LogP contribution in [-0.2, 0) is 9.47 Å².